The molecule has 4 heteroatoms. The summed E-state index contributed by atoms with van der Waals surface area (Å²) in [6.45, 7) is 6.05. The smallest absolute Gasteiger partial charge is 0.241 e. The first kappa shape index (κ1) is 14.5. The van der Waals surface area contributed by atoms with E-state index in [2.05, 4.69) is 17.5 Å². The Hall–Kier alpha value is -1.86. The maximum Gasteiger partial charge on any atom is 0.241 e. The molecule has 0 fully saturated rings. The molecule has 1 aromatic carbocycles. The number of carbonyl (C=O) groups is 1. The number of fused-ring (bicyclic) bond motifs is 1. The van der Waals surface area contributed by atoms with Crippen LogP contribution in [0.2, 0.25) is 0 Å². The molecule has 0 bridgehead atoms. The molecule has 0 spiro atoms. The van der Waals surface area contributed by atoms with Gasteiger partial charge in [0.25, 0.3) is 0 Å². The minimum atomic E-state index is -0.574. The molecule has 2 aromatic rings. The van der Waals surface area contributed by atoms with Crippen molar-refractivity contribution in [3.63, 3.8) is 0 Å². The van der Waals surface area contributed by atoms with Gasteiger partial charge in [-0.15, -0.1) is 11.3 Å². The van der Waals surface area contributed by atoms with E-state index in [1.807, 2.05) is 39.1 Å². The van der Waals surface area contributed by atoms with Gasteiger partial charge in [-0.05, 0) is 35.7 Å². The van der Waals surface area contributed by atoms with Gasteiger partial charge in [-0.2, -0.15) is 5.26 Å². The largest absolute Gasteiger partial charge is 0.273 e. The van der Waals surface area contributed by atoms with Crippen LogP contribution in [0.3, 0.4) is 0 Å². The van der Waals surface area contributed by atoms with Crippen molar-refractivity contribution in [1.29, 1.82) is 5.26 Å². The number of rotatable bonds is 4. The van der Waals surface area contributed by atoms with Crippen LogP contribution in [0.4, 0.5) is 0 Å². The molecule has 1 heterocycles. The molecule has 0 aliphatic carbocycles. The number of hydrogen-bond acceptors (Lipinski definition) is 3. The van der Waals surface area contributed by atoms with E-state index in [4.69, 9.17) is 5.26 Å². The normalized spacial score (nSPS) is 11.3. The highest BCUT2D eigenvalue weighted by Gasteiger charge is 2.32. The van der Waals surface area contributed by atoms with Crippen LogP contribution in [-0.2, 0) is 11.2 Å². The Labute approximate surface area is 123 Å². The number of amides is 1. The Morgan fingerprint density at radius 1 is 1.40 bits per heavy atom. The Balaban J connectivity index is 2.28. The summed E-state index contributed by atoms with van der Waals surface area (Å²) in [4.78, 5) is 13.6. The lowest BCUT2D eigenvalue weighted by atomic mass is 9.84. The van der Waals surface area contributed by atoms with E-state index in [-0.39, 0.29) is 5.91 Å². The SMILES string of the molecule is CCN(C#N)C(=O)C(C)(C)Cc1csc2ccccc12. The summed E-state index contributed by atoms with van der Waals surface area (Å²) < 4.78 is 1.23. The molecule has 2 rings (SSSR count). The van der Waals surface area contributed by atoms with E-state index >= 15 is 0 Å². The van der Waals surface area contributed by atoms with Crippen molar-refractivity contribution >= 4 is 27.3 Å². The molecule has 0 saturated carbocycles. The number of benzene rings is 1. The van der Waals surface area contributed by atoms with Gasteiger partial charge in [-0.1, -0.05) is 32.0 Å². The topological polar surface area (TPSA) is 44.1 Å². The van der Waals surface area contributed by atoms with Crippen molar-refractivity contribution in [2.24, 2.45) is 5.41 Å². The van der Waals surface area contributed by atoms with E-state index in [0.29, 0.717) is 13.0 Å². The van der Waals surface area contributed by atoms with E-state index < -0.39 is 5.41 Å². The second kappa shape index (κ2) is 5.64. The first-order valence-corrected chi connectivity index (χ1v) is 7.54. The fraction of sp³-hybridized carbons (Fsp3) is 0.375. The molecule has 0 radical (unpaired) electrons. The summed E-state index contributed by atoms with van der Waals surface area (Å²) in [6, 6.07) is 8.21. The van der Waals surface area contributed by atoms with E-state index in [9.17, 15) is 4.79 Å². The summed E-state index contributed by atoms with van der Waals surface area (Å²) in [7, 11) is 0. The fourth-order valence-electron chi connectivity index (χ4n) is 2.35. The lowest BCUT2D eigenvalue weighted by Gasteiger charge is -2.26. The summed E-state index contributed by atoms with van der Waals surface area (Å²) in [5.74, 6) is -0.113. The molecular weight excluding hydrogens is 268 g/mol. The average Bonchev–Trinajstić information content (AvgIpc) is 2.83. The lowest BCUT2D eigenvalue weighted by Crippen LogP contribution is -2.39. The Bertz CT molecular complexity index is 666. The predicted octanol–water partition coefficient (Wildman–Crippen LogP) is 3.80. The van der Waals surface area contributed by atoms with Crippen molar-refractivity contribution in [2.45, 2.75) is 27.2 Å². The molecule has 1 amide bonds. The third-order valence-corrected chi connectivity index (χ3v) is 4.47. The van der Waals surface area contributed by atoms with E-state index in [1.165, 1.54) is 20.5 Å². The zero-order valence-corrected chi connectivity index (χ0v) is 12.8. The van der Waals surface area contributed by atoms with Gasteiger partial charge in [-0.3, -0.25) is 4.79 Å². The van der Waals surface area contributed by atoms with Crippen LogP contribution >= 0.6 is 11.3 Å². The minimum Gasteiger partial charge on any atom is -0.273 e. The second-order valence-corrected chi connectivity index (χ2v) is 6.38. The molecule has 1 aromatic heterocycles. The van der Waals surface area contributed by atoms with Crippen LogP contribution in [0.15, 0.2) is 29.6 Å². The Kier molecular flexibility index (Phi) is 4.10. The summed E-state index contributed by atoms with van der Waals surface area (Å²) in [5, 5.41) is 12.3. The zero-order valence-electron chi connectivity index (χ0n) is 12.0. The predicted molar refractivity (Wildman–Crippen MR) is 82.3 cm³/mol. The van der Waals surface area contributed by atoms with E-state index in [0.717, 1.165) is 0 Å². The first-order chi connectivity index (χ1) is 9.49. The van der Waals surface area contributed by atoms with Crippen molar-refractivity contribution in [3.05, 3.63) is 35.2 Å². The standard InChI is InChI=1S/C16H18N2OS/c1-4-18(11-17)15(19)16(2,3)9-12-10-20-14-8-6-5-7-13(12)14/h5-8,10H,4,9H2,1-3H3. The third kappa shape index (κ3) is 2.68. The molecule has 0 saturated heterocycles. The molecule has 3 nitrogen and oxygen atoms in total. The van der Waals surface area contributed by atoms with Crippen molar-refractivity contribution in [2.75, 3.05) is 6.54 Å². The summed E-state index contributed by atoms with van der Waals surface area (Å²) in [5.41, 5.74) is 0.605. The van der Waals surface area contributed by atoms with Crippen LogP contribution < -0.4 is 0 Å². The van der Waals surface area contributed by atoms with Gasteiger partial charge in [0.15, 0.2) is 6.19 Å². The molecule has 0 aliphatic rings. The highest BCUT2D eigenvalue weighted by molar-refractivity contribution is 7.17. The fourth-order valence-corrected chi connectivity index (χ4v) is 3.31. The van der Waals surface area contributed by atoms with Crippen molar-refractivity contribution in [3.8, 4) is 6.19 Å². The minimum absolute atomic E-state index is 0.113. The van der Waals surface area contributed by atoms with Gasteiger partial charge in [0.1, 0.15) is 0 Å². The maximum absolute atomic E-state index is 12.4. The summed E-state index contributed by atoms with van der Waals surface area (Å²) >= 11 is 1.70. The van der Waals surface area contributed by atoms with Crippen LogP contribution in [-0.4, -0.2) is 17.4 Å². The molecule has 0 atom stereocenters. The molecule has 0 unspecified atom stereocenters. The van der Waals surface area contributed by atoms with Crippen molar-refractivity contribution < 1.29 is 4.79 Å². The number of hydrogen-bond donors (Lipinski definition) is 0. The number of nitriles is 1. The maximum atomic E-state index is 12.4. The van der Waals surface area contributed by atoms with Gasteiger partial charge < -0.3 is 0 Å². The molecule has 0 N–H and O–H groups in total. The van der Waals surface area contributed by atoms with Crippen LogP contribution in [0.1, 0.15) is 26.3 Å². The van der Waals surface area contributed by atoms with Gasteiger partial charge in [-0.25, -0.2) is 4.90 Å². The highest BCUT2D eigenvalue weighted by Crippen LogP contribution is 2.32. The van der Waals surface area contributed by atoms with Gasteiger partial charge in [0.2, 0.25) is 5.91 Å². The molecule has 20 heavy (non-hydrogen) atoms. The number of nitrogens with zero attached hydrogens (tertiary/aromatic N) is 2. The zero-order chi connectivity index (χ0) is 14.8. The monoisotopic (exact) mass is 286 g/mol. The lowest BCUT2D eigenvalue weighted by molar-refractivity contribution is -0.136. The van der Waals surface area contributed by atoms with Crippen molar-refractivity contribution in [1.82, 2.24) is 4.90 Å². The van der Waals surface area contributed by atoms with Gasteiger partial charge in [0, 0.05) is 16.7 Å². The highest BCUT2D eigenvalue weighted by atomic mass is 32.1. The summed E-state index contributed by atoms with van der Waals surface area (Å²) in [6.07, 6.45) is 2.61. The quantitative estimate of drug-likeness (QED) is 0.634. The second-order valence-electron chi connectivity index (χ2n) is 5.47. The molecule has 104 valence electrons. The number of carbonyl (C=O) groups excluding carboxylic acids is 1. The van der Waals surface area contributed by atoms with Crippen LogP contribution in [0.5, 0.6) is 0 Å². The van der Waals surface area contributed by atoms with Gasteiger partial charge >= 0.3 is 0 Å². The van der Waals surface area contributed by atoms with Gasteiger partial charge in [0.05, 0.1) is 0 Å². The first-order valence-electron chi connectivity index (χ1n) is 6.66. The molecule has 0 aliphatic heterocycles. The third-order valence-electron chi connectivity index (χ3n) is 3.45. The van der Waals surface area contributed by atoms with Crippen LogP contribution in [0, 0.1) is 16.9 Å². The Morgan fingerprint density at radius 2 is 2.10 bits per heavy atom. The van der Waals surface area contributed by atoms with E-state index in [1.54, 1.807) is 11.3 Å². The molecular formula is C16H18N2OS. The average molecular weight is 286 g/mol. The Morgan fingerprint density at radius 3 is 2.75 bits per heavy atom. The number of thiophene rings is 1. The van der Waals surface area contributed by atoms with Crippen LogP contribution in [0.25, 0.3) is 10.1 Å².